The Labute approximate surface area is 529 Å². The highest BCUT2D eigenvalue weighted by Crippen LogP contribution is 2.67. The van der Waals surface area contributed by atoms with Crippen molar-refractivity contribution in [2.45, 2.75) is 10.8 Å². The number of nitrogens with zero attached hydrogens (tertiary/aromatic N) is 2. The first kappa shape index (κ1) is 49.6. The van der Waals surface area contributed by atoms with E-state index in [1.807, 2.05) is 11.3 Å². The summed E-state index contributed by atoms with van der Waals surface area (Å²) in [4.78, 5) is 14.6. The maximum Gasteiger partial charge on any atom is 0.109 e. The van der Waals surface area contributed by atoms with Crippen molar-refractivity contribution in [2.24, 2.45) is 0 Å². The zero-order chi connectivity index (χ0) is 59.3. The summed E-state index contributed by atoms with van der Waals surface area (Å²) in [6, 6.07) is 114. The van der Waals surface area contributed by atoms with E-state index < -0.39 is 10.8 Å². The minimum absolute atomic E-state index is 0.515. The molecule has 0 saturated carbocycles. The van der Waals surface area contributed by atoms with E-state index in [1.54, 1.807) is 0 Å². The van der Waals surface area contributed by atoms with E-state index in [0.29, 0.717) is 0 Å². The van der Waals surface area contributed by atoms with E-state index in [2.05, 4.69) is 303 Å². The molecule has 4 aliphatic carbocycles. The standard InChI is InChI=1S/C88H50N2S/c1-3-21-53-47-55(41-39-51(53)19-1)57-43-45-63-69(49-57)70-50-58(56-42-40-52-20-2-4-22-54(52)48-56)44-46-64(70)82-81(63)89-83-84(90-82)86(68-30-18-38-78-80(68)66-28-10-16-36-76(66)88(78)73-33-13-7-25-61(73)62-26-8-14-34-74(62)88)91-85(83)67-29-17-37-77-79(67)65-27-9-15-35-75(65)87(77)71-31-11-5-23-59(71)60-24-6-12-32-72(60)87/h1-50H. The van der Waals surface area contributed by atoms with Crippen LogP contribution in [0.15, 0.2) is 303 Å². The van der Waals surface area contributed by atoms with Crippen LogP contribution in [-0.4, -0.2) is 9.97 Å². The minimum Gasteiger partial charge on any atom is -0.242 e. The average molecular weight is 1170 g/mol. The monoisotopic (exact) mass is 1170 g/mol. The van der Waals surface area contributed by atoms with Crippen molar-refractivity contribution in [2.75, 3.05) is 0 Å². The predicted molar refractivity (Wildman–Crippen MR) is 379 cm³/mol. The quantitative estimate of drug-likeness (QED) is 0.164. The molecule has 0 fully saturated rings. The van der Waals surface area contributed by atoms with Gasteiger partial charge in [-0.25, -0.2) is 9.97 Å². The maximum absolute atomic E-state index is 6.20. The molecular weight excluding hydrogens is 1120 g/mol. The van der Waals surface area contributed by atoms with Gasteiger partial charge in [-0.2, -0.15) is 0 Å². The molecule has 0 N–H and O–H groups in total. The van der Waals surface area contributed by atoms with E-state index in [4.69, 9.17) is 9.97 Å². The van der Waals surface area contributed by atoms with Gasteiger partial charge in [0.15, 0.2) is 0 Å². The summed E-state index contributed by atoms with van der Waals surface area (Å²) in [5.74, 6) is 0. The number of benzene rings is 15. The van der Waals surface area contributed by atoms with Gasteiger partial charge in [0.05, 0.1) is 31.6 Å². The first-order chi connectivity index (χ1) is 45.1. The van der Waals surface area contributed by atoms with Crippen molar-refractivity contribution in [1.29, 1.82) is 0 Å². The fraction of sp³-hybridized carbons (Fsp3) is 0.0227. The molecule has 0 bridgehead atoms. The smallest absolute Gasteiger partial charge is 0.109 e. The van der Waals surface area contributed by atoms with Gasteiger partial charge in [-0.05, 0) is 168 Å². The summed E-state index contributed by atoms with van der Waals surface area (Å²) in [5.41, 5.74) is 30.4. The van der Waals surface area contributed by atoms with Crippen LogP contribution in [0.4, 0.5) is 0 Å². The Bertz CT molecular complexity index is 5660. The van der Waals surface area contributed by atoms with Gasteiger partial charge in [-0.3, -0.25) is 0 Å². The molecule has 3 heteroatoms. The van der Waals surface area contributed by atoms with Gasteiger partial charge in [0.1, 0.15) is 11.0 Å². The minimum atomic E-state index is -0.515. The zero-order valence-corrected chi connectivity index (χ0v) is 50.0. The number of rotatable bonds is 4. The molecule has 418 valence electrons. The number of hydrogen-bond donors (Lipinski definition) is 0. The third kappa shape index (κ3) is 6.40. The van der Waals surface area contributed by atoms with Crippen molar-refractivity contribution >= 4 is 76.5 Å². The van der Waals surface area contributed by atoms with Gasteiger partial charge in [0, 0.05) is 21.9 Å². The molecule has 0 radical (unpaired) electrons. The van der Waals surface area contributed by atoms with Gasteiger partial charge in [-0.1, -0.05) is 279 Å². The lowest BCUT2D eigenvalue weighted by Crippen LogP contribution is -2.25. The predicted octanol–water partition coefficient (Wildman–Crippen LogP) is 22.8. The maximum atomic E-state index is 6.20. The Kier molecular flexibility index (Phi) is 9.89. The van der Waals surface area contributed by atoms with Gasteiger partial charge in [0.25, 0.3) is 0 Å². The molecule has 2 spiro atoms. The summed E-state index contributed by atoms with van der Waals surface area (Å²) in [7, 11) is 0. The molecule has 21 rings (SSSR count). The van der Waals surface area contributed by atoms with Gasteiger partial charge in [-0.15, -0.1) is 11.3 Å². The van der Waals surface area contributed by atoms with Crippen LogP contribution in [0.3, 0.4) is 0 Å². The van der Waals surface area contributed by atoms with Gasteiger partial charge in [0.2, 0.25) is 0 Å². The zero-order valence-electron chi connectivity index (χ0n) is 49.2. The lowest BCUT2D eigenvalue weighted by Gasteiger charge is -2.30. The van der Waals surface area contributed by atoms with Crippen LogP contribution in [0.5, 0.6) is 0 Å². The van der Waals surface area contributed by atoms with Crippen molar-refractivity contribution < 1.29 is 0 Å². The molecule has 15 aromatic carbocycles. The fourth-order valence-corrected chi connectivity index (χ4v) is 18.6. The summed E-state index contributed by atoms with van der Waals surface area (Å²) < 4.78 is 0. The van der Waals surface area contributed by atoms with Crippen LogP contribution in [0, 0.1) is 0 Å². The summed E-state index contributed by atoms with van der Waals surface area (Å²) >= 11 is 1.86. The number of hydrogen-bond acceptors (Lipinski definition) is 3. The number of fused-ring (bicyclic) bond motifs is 29. The first-order valence-corrected chi connectivity index (χ1v) is 32.4. The third-order valence-electron chi connectivity index (χ3n) is 21.1. The first-order valence-electron chi connectivity index (χ1n) is 31.6. The van der Waals surface area contributed by atoms with Crippen molar-refractivity contribution in [3.63, 3.8) is 0 Å². The topological polar surface area (TPSA) is 25.8 Å². The van der Waals surface area contributed by atoms with Crippen LogP contribution in [0.1, 0.15) is 44.5 Å². The Balaban J connectivity index is 0.885. The SMILES string of the molecule is c1ccc2c(c1)-c1ccccc1C21c2ccccc2-c2c(-c3sc(-c4cccc5c4-c4ccccc4C54c5ccccc5-c5ccccc54)c4nc5c6ccc(-c7ccc8ccccc8c7)cc6c6cc(-c7ccc8ccccc8c7)ccc6c5nc34)cccc21. The largest absolute Gasteiger partial charge is 0.242 e. The Morgan fingerprint density at radius 3 is 0.901 bits per heavy atom. The second-order valence-corrected chi connectivity index (χ2v) is 26.3. The molecule has 0 saturated heterocycles. The average Bonchev–Trinajstić information content (AvgIpc) is 1.52. The molecule has 2 aromatic heterocycles. The molecule has 0 atom stereocenters. The molecule has 17 aromatic rings. The van der Waals surface area contributed by atoms with E-state index in [0.717, 1.165) is 64.5 Å². The molecule has 0 amide bonds. The number of aromatic nitrogens is 2. The highest BCUT2D eigenvalue weighted by Gasteiger charge is 2.54. The molecule has 4 aliphatic rings. The van der Waals surface area contributed by atoms with E-state index >= 15 is 0 Å². The van der Waals surface area contributed by atoms with Crippen LogP contribution in [0.2, 0.25) is 0 Å². The molecule has 2 nitrogen and oxygen atoms in total. The normalized spacial score (nSPS) is 13.9. The van der Waals surface area contributed by atoms with E-state index in [1.165, 1.54) is 133 Å². The van der Waals surface area contributed by atoms with Crippen LogP contribution < -0.4 is 0 Å². The van der Waals surface area contributed by atoms with Crippen molar-refractivity contribution in [3.8, 4) is 87.6 Å². The van der Waals surface area contributed by atoms with Crippen molar-refractivity contribution in [3.05, 3.63) is 348 Å². The third-order valence-corrected chi connectivity index (χ3v) is 22.3. The number of thiophene rings is 1. The lowest BCUT2D eigenvalue weighted by atomic mass is 9.70. The Morgan fingerprint density at radius 1 is 0.209 bits per heavy atom. The Hall–Kier alpha value is -11.4. The highest BCUT2D eigenvalue weighted by atomic mass is 32.1. The summed E-state index contributed by atoms with van der Waals surface area (Å²) in [5, 5.41) is 9.35. The van der Waals surface area contributed by atoms with Gasteiger partial charge < -0.3 is 0 Å². The molecular formula is C88H50N2S. The fourth-order valence-electron chi connectivity index (χ4n) is 17.4. The van der Waals surface area contributed by atoms with Gasteiger partial charge >= 0.3 is 0 Å². The summed E-state index contributed by atoms with van der Waals surface area (Å²) in [6.07, 6.45) is 0. The second-order valence-electron chi connectivity index (χ2n) is 25.3. The molecule has 0 unspecified atom stereocenters. The van der Waals surface area contributed by atoms with Crippen LogP contribution >= 0.6 is 11.3 Å². The molecule has 91 heavy (non-hydrogen) atoms. The van der Waals surface area contributed by atoms with Crippen LogP contribution in [0.25, 0.3) is 153 Å². The lowest BCUT2D eigenvalue weighted by molar-refractivity contribution is 0.794. The van der Waals surface area contributed by atoms with Crippen LogP contribution in [-0.2, 0) is 10.8 Å². The second kappa shape index (κ2) is 18.1. The highest BCUT2D eigenvalue weighted by molar-refractivity contribution is 7.21. The molecule has 0 aliphatic heterocycles. The Morgan fingerprint density at radius 2 is 0.505 bits per heavy atom. The van der Waals surface area contributed by atoms with Crippen molar-refractivity contribution in [1.82, 2.24) is 9.97 Å². The molecule has 2 heterocycles. The van der Waals surface area contributed by atoms with E-state index in [-0.39, 0.29) is 0 Å². The van der Waals surface area contributed by atoms with E-state index in [9.17, 15) is 0 Å². The summed E-state index contributed by atoms with van der Waals surface area (Å²) in [6.45, 7) is 0.